The summed E-state index contributed by atoms with van der Waals surface area (Å²) in [5.41, 5.74) is 2.07. The van der Waals surface area contributed by atoms with Crippen LogP contribution in [0.1, 0.15) is 16.1 Å². The lowest BCUT2D eigenvalue weighted by atomic mass is 10.2. The molecule has 8 heteroatoms. The zero-order valence-corrected chi connectivity index (χ0v) is 13.4. The van der Waals surface area contributed by atoms with E-state index in [-0.39, 0.29) is 5.91 Å². The number of anilines is 1. The molecule has 0 saturated heterocycles. The number of benzene rings is 1. The van der Waals surface area contributed by atoms with Gasteiger partial charge in [0.2, 0.25) is 5.95 Å². The van der Waals surface area contributed by atoms with Gasteiger partial charge in [-0.1, -0.05) is 6.07 Å². The third-order valence-electron chi connectivity index (χ3n) is 3.32. The van der Waals surface area contributed by atoms with E-state index in [0.29, 0.717) is 18.1 Å². The van der Waals surface area contributed by atoms with Crippen molar-refractivity contribution in [2.24, 2.45) is 0 Å². The van der Waals surface area contributed by atoms with Crippen LogP contribution >= 0.6 is 0 Å². The summed E-state index contributed by atoms with van der Waals surface area (Å²) in [4.78, 5) is 26.6. The monoisotopic (exact) mass is 323 g/mol. The van der Waals surface area contributed by atoms with Gasteiger partial charge in [0.15, 0.2) is 0 Å². The molecule has 0 unspecified atom stereocenters. The van der Waals surface area contributed by atoms with Gasteiger partial charge in [-0.25, -0.2) is 19.6 Å². The highest BCUT2D eigenvalue weighted by Gasteiger charge is 2.08. The molecule has 0 bridgehead atoms. The average Bonchev–Trinajstić information content (AvgIpc) is 3.15. The molecule has 122 valence electrons. The second-order valence-electron chi connectivity index (χ2n) is 5.32. The molecule has 0 aliphatic rings. The van der Waals surface area contributed by atoms with Crippen molar-refractivity contribution in [3.05, 3.63) is 60.4 Å². The molecule has 1 N–H and O–H groups in total. The van der Waals surface area contributed by atoms with Crippen molar-refractivity contribution in [3.63, 3.8) is 0 Å². The van der Waals surface area contributed by atoms with Crippen LogP contribution in [0.2, 0.25) is 0 Å². The minimum absolute atomic E-state index is 0.179. The zero-order chi connectivity index (χ0) is 16.9. The Morgan fingerprint density at radius 2 is 2.17 bits per heavy atom. The summed E-state index contributed by atoms with van der Waals surface area (Å²) in [5.74, 6) is 0.428. The van der Waals surface area contributed by atoms with Crippen LogP contribution in [-0.2, 0) is 6.54 Å². The summed E-state index contributed by atoms with van der Waals surface area (Å²) in [7, 11) is 3.74. The Kier molecular flexibility index (Phi) is 4.46. The first-order valence-corrected chi connectivity index (χ1v) is 7.36. The molecule has 3 aromatic rings. The molecule has 24 heavy (non-hydrogen) atoms. The van der Waals surface area contributed by atoms with Gasteiger partial charge in [-0.3, -0.25) is 4.79 Å². The van der Waals surface area contributed by atoms with E-state index >= 15 is 0 Å². The maximum atomic E-state index is 12.3. The van der Waals surface area contributed by atoms with Crippen molar-refractivity contribution >= 4 is 11.9 Å². The van der Waals surface area contributed by atoms with Gasteiger partial charge in [-0.05, 0) is 24.3 Å². The van der Waals surface area contributed by atoms with Crippen LogP contribution in [0.25, 0.3) is 5.69 Å². The highest BCUT2D eigenvalue weighted by Crippen LogP contribution is 2.09. The minimum atomic E-state index is -0.179. The summed E-state index contributed by atoms with van der Waals surface area (Å²) in [6, 6.07) is 8.95. The first-order chi connectivity index (χ1) is 11.6. The lowest BCUT2D eigenvalue weighted by molar-refractivity contribution is 0.0950. The fourth-order valence-corrected chi connectivity index (χ4v) is 2.10. The Labute approximate surface area is 139 Å². The number of hydrogen-bond donors (Lipinski definition) is 1. The van der Waals surface area contributed by atoms with Crippen molar-refractivity contribution in [2.45, 2.75) is 6.54 Å². The van der Waals surface area contributed by atoms with Gasteiger partial charge in [0.05, 0.1) is 17.9 Å². The number of carbonyl (C=O) groups excluding carboxylic acids is 1. The third kappa shape index (κ3) is 3.54. The predicted octanol–water partition coefficient (Wildman–Crippen LogP) is 1.05. The number of aromatic nitrogens is 5. The molecule has 0 saturated carbocycles. The maximum absolute atomic E-state index is 12.3. The molecule has 2 heterocycles. The zero-order valence-electron chi connectivity index (χ0n) is 13.4. The largest absolute Gasteiger partial charge is 0.347 e. The molecular weight excluding hydrogens is 306 g/mol. The Morgan fingerprint density at radius 3 is 2.92 bits per heavy atom. The van der Waals surface area contributed by atoms with E-state index in [1.165, 1.54) is 6.33 Å². The van der Waals surface area contributed by atoms with Gasteiger partial charge in [0, 0.05) is 25.9 Å². The molecule has 2 aromatic heterocycles. The van der Waals surface area contributed by atoms with Crippen LogP contribution in [0.3, 0.4) is 0 Å². The van der Waals surface area contributed by atoms with Crippen molar-refractivity contribution in [3.8, 4) is 5.69 Å². The fourth-order valence-electron chi connectivity index (χ4n) is 2.10. The molecule has 1 amide bonds. The molecule has 0 atom stereocenters. The fraction of sp³-hybridized carbons (Fsp3) is 0.188. The van der Waals surface area contributed by atoms with E-state index in [9.17, 15) is 4.79 Å². The summed E-state index contributed by atoms with van der Waals surface area (Å²) in [5, 5.41) is 6.92. The third-order valence-corrected chi connectivity index (χ3v) is 3.32. The van der Waals surface area contributed by atoms with E-state index in [0.717, 1.165) is 11.4 Å². The number of carbonyl (C=O) groups is 1. The van der Waals surface area contributed by atoms with Gasteiger partial charge in [0.1, 0.15) is 12.7 Å². The minimum Gasteiger partial charge on any atom is -0.347 e. The predicted molar refractivity (Wildman–Crippen MR) is 88.9 cm³/mol. The number of amides is 1. The van der Waals surface area contributed by atoms with Crippen LogP contribution in [0.4, 0.5) is 5.95 Å². The first-order valence-electron chi connectivity index (χ1n) is 7.36. The molecule has 0 radical (unpaired) electrons. The van der Waals surface area contributed by atoms with Gasteiger partial charge >= 0.3 is 0 Å². The van der Waals surface area contributed by atoms with Gasteiger partial charge in [0.25, 0.3) is 5.91 Å². The van der Waals surface area contributed by atoms with Crippen LogP contribution in [0, 0.1) is 0 Å². The van der Waals surface area contributed by atoms with Crippen LogP contribution in [0.5, 0.6) is 0 Å². The molecule has 0 aliphatic heterocycles. The summed E-state index contributed by atoms with van der Waals surface area (Å²) in [6.07, 6.45) is 4.71. The highest BCUT2D eigenvalue weighted by atomic mass is 16.1. The average molecular weight is 323 g/mol. The SMILES string of the molecule is CN(C)c1nccc(CNC(=O)c2cccc(-n3cncn3)c2)n1. The van der Waals surface area contributed by atoms with Crippen LogP contribution in [-0.4, -0.2) is 44.7 Å². The van der Waals surface area contributed by atoms with E-state index in [4.69, 9.17) is 0 Å². The number of nitrogens with one attached hydrogen (secondary N) is 1. The lowest BCUT2D eigenvalue weighted by Crippen LogP contribution is -2.24. The van der Waals surface area contributed by atoms with Gasteiger partial charge in [-0.2, -0.15) is 5.10 Å². The Hall–Kier alpha value is -3.29. The Morgan fingerprint density at radius 1 is 1.29 bits per heavy atom. The van der Waals surface area contributed by atoms with E-state index in [2.05, 4.69) is 25.4 Å². The normalized spacial score (nSPS) is 10.4. The van der Waals surface area contributed by atoms with Gasteiger partial charge < -0.3 is 10.2 Å². The van der Waals surface area contributed by atoms with Crippen molar-refractivity contribution < 1.29 is 4.79 Å². The van der Waals surface area contributed by atoms with Crippen molar-refractivity contribution in [2.75, 3.05) is 19.0 Å². The van der Waals surface area contributed by atoms with E-state index in [1.54, 1.807) is 41.5 Å². The molecular formula is C16H17N7O. The molecule has 8 nitrogen and oxygen atoms in total. The lowest BCUT2D eigenvalue weighted by Gasteiger charge is -2.11. The van der Waals surface area contributed by atoms with Crippen molar-refractivity contribution in [1.82, 2.24) is 30.0 Å². The molecule has 0 fully saturated rings. The quantitative estimate of drug-likeness (QED) is 0.755. The molecule has 0 aliphatic carbocycles. The summed E-state index contributed by atoms with van der Waals surface area (Å²) < 4.78 is 1.60. The van der Waals surface area contributed by atoms with Crippen molar-refractivity contribution in [1.29, 1.82) is 0 Å². The van der Waals surface area contributed by atoms with E-state index < -0.39 is 0 Å². The van der Waals surface area contributed by atoms with Crippen LogP contribution < -0.4 is 10.2 Å². The first kappa shape index (κ1) is 15.6. The second kappa shape index (κ2) is 6.86. The molecule has 3 rings (SSSR count). The number of hydrogen-bond acceptors (Lipinski definition) is 6. The standard InChI is InChI=1S/C16H17N7O/c1-22(2)16-18-7-6-13(21-16)9-19-15(24)12-4-3-5-14(8-12)23-11-17-10-20-23/h3-8,10-11H,9H2,1-2H3,(H,19,24). The Bertz CT molecular complexity index is 830. The number of rotatable bonds is 5. The van der Waals surface area contributed by atoms with E-state index in [1.807, 2.05) is 25.1 Å². The molecule has 0 spiro atoms. The van der Waals surface area contributed by atoms with Gasteiger partial charge in [-0.15, -0.1) is 0 Å². The summed E-state index contributed by atoms with van der Waals surface area (Å²) >= 11 is 0. The summed E-state index contributed by atoms with van der Waals surface area (Å²) in [6.45, 7) is 0.329. The molecule has 1 aromatic carbocycles. The second-order valence-corrected chi connectivity index (χ2v) is 5.32. The highest BCUT2D eigenvalue weighted by molar-refractivity contribution is 5.94. The Balaban J connectivity index is 1.69. The number of nitrogens with zero attached hydrogens (tertiary/aromatic N) is 6. The topological polar surface area (TPSA) is 88.8 Å². The smallest absolute Gasteiger partial charge is 0.251 e. The van der Waals surface area contributed by atoms with Crippen LogP contribution in [0.15, 0.2) is 49.2 Å². The maximum Gasteiger partial charge on any atom is 0.251 e.